The molecule has 1 aliphatic carbocycles. The molecule has 0 amide bonds. The summed E-state index contributed by atoms with van der Waals surface area (Å²) in [4.78, 5) is 12.9. The lowest BCUT2D eigenvalue weighted by Crippen LogP contribution is -2.63. The molecule has 0 spiro atoms. The lowest BCUT2D eigenvalue weighted by molar-refractivity contribution is 0.557. The highest BCUT2D eigenvalue weighted by molar-refractivity contribution is 6.99. The minimum absolute atomic E-state index is 0.292. The molecule has 4 rings (SSSR count). The Bertz CT molecular complexity index is 995. The fourth-order valence-corrected chi connectivity index (χ4v) is 11.8. The lowest BCUT2D eigenvalue weighted by atomic mass is 10.1. The summed E-state index contributed by atoms with van der Waals surface area (Å²) in [5.41, 5.74) is 9.17. The highest BCUT2D eigenvalue weighted by Crippen LogP contribution is 2.63. The molecule has 3 aromatic carbocycles. The summed E-state index contributed by atoms with van der Waals surface area (Å²) in [6, 6.07) is 19.8. The average Bonchev–Trinajstić information content (AvgIpc) is 3.32. The normalized spacial score (nSPS) is 21.0. The summed E-state index contributed by atoms with van der Waals surface area (Å²) < 4.78 is 0. The molecule has 1 saturated carbocycles. The van der Waals surface area contributed by atoms with Crippen LogP contribution in [0.3, 0.4) is 0 Å². The van der Waals surface area contributed by atoms with Crippen molar-refractivity contribution in [1.29, 1.82) is 0 Å². The number of aryl methyl sites for hydroxylation is 6. The molecule has 1 fully saturated rings. The maximum Gasteiger partial charge on any atom is 0.257 e. The zero-order valence-corrected chi connectivity index (χ0v) is 20.4. The monoisotopic (exact) mass is 414 g/mol. The second-order valence-electron chi connectivity index (χ2n) is 9.64. The minimum atomic E-state index is -3.00. The van der Waals surface area contributed by atoms with Gasteiger partial charge in [-0.05, 0) is 97.1 Å². The van der Waals surface area contributed by atoms with Crippen LogP contribution in [0.15, 0.2) is 54.6 Å². The van der Waals surface area contributed by atoms with Gasteiger partial charge >= 0.3 is 0 Å². The summed E-state index contributed by atoms with van der Waals surface area (Å²) in [7, 11) is -3.00. The van der Waals surface area contributed by atoms with E-state index < -0.39 is 8.32 Å². The fourth-order valence-electron chi connectivity index (χ4n) is 6.31. The number of hydrogen-bond donors (Lipinski definition) is 1. The Morgan fingerprint density at radius 2 is 1.07 bits per heavy atom. The third kappa shape index (κ3) is 3.27. The summed E-state index contributed by atoms with van der Waals surface area (Å²) >= 11 is 0. The van der Waals surface area contributed by atoms with E-state index in [0.717, 1.165) is 0 Å². The highest BCUT2D eigenvalue weighted by Gasteiger charge is 2.63. The van der Waals surface area contributed by atoms with Crippen LogP contribution >= 0.6 is 0 Å². The molecule has 3 aromatic rings. The first-order valence-electron chi connectivity index (χ1n) is 11.1. The van der Waals surface area contributed by atoms with Gasteiger partial charge < -0.3 is 4.80 Å². The number of rotatable bonds is 4. The molecule has 3 atom stereocenters. The van der Waals surface area contributed by atoms with Crippen LogP contribution in [0.4, 0.5) is 0 Å². The summed E-state index contributed by atoms with van der Waals surface area (Å²) in [5.74, 6) is 0.896. The second kappa shape index (κ2) is 7.51. The number of benzene rings is 3. The van der Waals surface area contributed by atoms with E-state index in [1.165, 1.54) is 49.3 Å². The fraction of sp³-hybridized carbons (Fsp3) is 0.357. The van der Waals surface area contributed by atoms with Crippen LogP contribution in [0.5, 0.6) is 0 Å². The predicted octanol–water partition coefficient (Wildman–Crippen LogP) is 5.39. The average molecular weight is 415 g/mol. The molecule has 156 valence electrons. The van der Waals surface area contributed by atoms with Crippen LogP contribution in [0.2, 0.25) is 5.54 Å². The second-order valence-corrected chi connectivity index (χ2v) is 12.8. The first-order valence-corrected chi connectivity index (χ1v) is 13.1. The first-order chi connectivity index (χ1) is 14.2. The van der Waals surface area contributed by atoms with Gasteiger partial charge in [-0.3, -0.25) is 0 Å². The smallest absolute Gasteiger partial charge is 0.257 e. The molecule has 0 saturated heterocycles. The molecule has 1 aliphatic rings. The topological polar surface area (TPSA) is 20.2 Å². The molecule has 1 nitrogen and oxygen atoms in total. The zero-order valence-electron chi connectivity index (χ0n) is 19.4. The van der Waals surface area contributed by atoms with Gasteiger partial charge in [-0.25, -0.2) is 0 Å². The van der Waals surface area contributed by atoms with Gasteiger partial charge in [-0.15, -0.1) is 0 Å². The summed E-state index contributed by atoms with van der Waals surface area (Å²) in [6.45, 7) is 15.4. The van der Waals surface area contributed by atoms with Gasteiger partial charge in [-0.2, -0.15) is 0 Å². The Kier molecular flexibility index (Phi) is 5.28. The van der Waals surface area contributed by atoms with E-state index in [-0.39, 0.29) is 0 Å². The van der Waals surface area contributed by atoms with Crippen molar-refractivity contribution in [3.8, 4) is 0 Å². The van der Waals surface area contributed by atoms with Crippen molar-refractivity contribution in [2.45, 2.75) is 59.9 Å². The van der Waals surface area contributed by atoms with Gasteiger partial charge in [0.1, 0.15) is 0 Å². The van der Waals surface area contributed by atoms with Gasteiger partial charge in [0.2, 0.25) is 0 Å². The maximum atomic E-state index is 12.9. The van der Waals surface area contributed by atoms with Crippen LogP contribution in [0, 0.1) is 47.5 Å². The highest BCUT2D eigenvalue weighted by atomic mass is 28.4. The molecular weight excluding hydrogens is 380 g/mol. The molecule has 0 heterocycles. The number of hydrogen-bond acceptors (Lipinski definition) is 1. The molecule has 0 radical (unpaired) electrons. The molecule has 3 unspecified atom stereocenters. The molecule has 0 aliphatic heterocycles. The van der Waals surface area contributed by atoms with E-state index in [4.69, 9.17) is 0 Å². The van der Waals surface area contributed by atoms with Crippen molar-refractivity contribution in [3.63, 3.8) is 0 Å². The third-order valence-electron chi connectivity index (χ3n) is 7.16. The van der Waals surface area contributed by atoms with E-state index in [1.54, 1.807) is 0 Å². The minimum Gasteiger partial charge on any atom is -0.424 e. The lowest BCUT2D eigenvalue weighted by Gasteiger charge is -2.33. The Morgan fingerprint density at radius 3 is 1.47 bits per heavy atom. The third-order valence-corrected chi connectivity index (χ3v) is 12.1. The maximum absolute atomic E-state index is 12.9. The van der Waals surface area contributed by atoms with Crippen molar-refractivity contribution >= 4 is 18.7 Å². The van der Waals surface area contributed by atoms with Crippen LogP contribution in [-0.2, 0) is 0 Å². The van der Waals surface area contributed by atoms with Crippen molar-refractivity contribution in [2.75, 3.05) is 0 Å². The summed E-state index contributed by atoms with van der Waals surface area (Å²) in [5, 5.41) is 2.47. The zero-order chi connectivity index (χ0) is 21.8. The molecule has 1 N–H and O–H groups in total. The van der Waals surface area contributed by atoms with E-state index >= 15 is 0 Å². The van der Waals surface area contributed by atoms with Gasteiger partial charge in [0.25, 0.3) is 8.32 Å². The van der Waals surface area contributed by atoms with Crippen LogP contribution in [0.25, 0.3) is 0 Å². The largest absolute Gasteiger partial charge is 0.424 e. The SMILES string of the molecule is Cc1cc(C)c([Si](O)(c2c(C)cc(C)cc2C)C2C(C)C2c2ccccc2)c(C)c1. The van der Waals surface area contributed by atoms with Crippen molar-refractivity contribution in [2.24, 2.45) is 5.92 Å². The molecular formula is C28H34OSi. The Morgan fingerprint density at radius 1 is 0.667 bits per heavy atom. The van der Waals surface area contributed by atoms with Gasteiger partial charge in [0.15, 0.2) is 0 Å². The Hall–Kier alpha value is -2.16. The molecule has 0 bridgehead atoms. The molecule has 2 heteroatoms. The standard InChI is InChI=1S/C28H34OSi/c1-17-13-19(3)26(20(4)14-17)30(29,27-21(5)15-18(2)16-22(27)6)28-23(7)25(28)24-11-9-8-10-12-24/h8-16,23,25,28-29H,1-7H3. The molecule has 0 aromatic heterocycles. The quantitative estimate of drug-likeness (QED) is 0.567. The van der Waals surface area contributed by atoms with Gasteiger partial charge in [0, 0.05) is 0 Å². The van der Waals surface area contributed by atoms with Crippen LogP contribution < -0.4 is 10.4 Å². The molecule has 30 heavy (non-hydrogen) atoms. The van der Waals surface area contributed by atoms with E-state index in [9.17, 15) is 4.80 Å². The van der Waals surface area contributed by atoms with Crippen molar-refractivity contribution in [1.82, 2.24) is 0 Å². The first kappa shape index (κ1) is 21.1. The van der Waals surface area contributed by atoms with Crippen LogP contribution in [0.1, 0.15) is 51.8 Å². The Balaban J connectivity index is 1.99. The van der Waals surface area contributed by atoms with E-state index in [2.05, 4.69) is 103 Å². The van der Waals surface area contributed by atoms with E-state index in [1.807, 2.05) is 0 Å². The predicted molar refractivity (Wildman–Crippen MR) is 131 cm³/mol. The van der Waals surface area contributed by atoms with Gasteiger partial charge in [0.05, 0.1) is 0 Å². The van der Waals surface area contributed by atoms with Crippen molar-refractivity contribution < 1.29 is 4.80 Å². The van der Waals surface area contributed by atoms with Crippen molar-refractivity contribution in [3.05, 3.63) is 93.5 Å². The van der Waals surface area contributed by atoms with Crippen LogP contribution in [-0.4, -0.2) is 13.1 Å². The van der Waals surface area contributed by atoms with Gasteiger partial charge in [-0.1, -0.05) is 72.6 Å². The Labute approximate surface area is 182 Å². The summed E-state index contributed by atoms with van der Waals surface area (Å²) in [6.07, 6.45) is 0. The van der Waals surface area contributed by atoms with E-state index in [0.29, 0.717) is 17.4 Å².